The van der Waals surface area contributed by atoms with Gasteiger partial charge in [0.15, 0.2) is 5.75 Å². The largest absolute Gasteiger partial charge is 0.493 e. The first-order chi connectivity index (χ1) is 21.5. The number of hydrogen-bond acceptors (Lipinski definition) is 7. The van der Waals surface area contributed by atoms with E-state index < -0.39 is 21.9 Å². The normalized spacial score (nSPS) is 14.4. The Balaban J connectivity index is 1.26. The summed E-state index contributed by atoms with van der Waals surface area (Å²) >= 11 is 0. The van der Waals surface area contributed by atoms with E-state index in [0.29, 0.717) is 44.0 Å². The van der Waals surface area contributed by atoms with Crippen LogP contribution in [0.2, 0.25) is 0 Å². The van der Waals surface area contributed by atoms with Gasteiger partial charge in [-0.15, -0.1) is 0 Å². The van der Waals surface area contributed by atoms with E-state index in [-0.39, 0.29) is 17.6 Å². The van der Waals surface area contributed by atoms with E-state index in [0.717, 1.165) is 28.0 Å². The van der Waals surface area contributed by atoms with Crippen LogP contribution in [0.15, 0.2) is 73.1 Å². The molecule has 0 saturated carbocycles. The minimum atomic E-state index is -4.33. The highest BCUT2D eigenvalue weighted by molar-refractivity contribution is 7.85. The summed E-state index contributed by atoms with van der Waals surface area (Å²) in [6, 6.07) is 18.4. The number of amides is 2. The van der Waals surface area contributed by atoms with Crippen LogP contribution < -0.4 is 19.7 Å². The molecule has 4 aromatic rings. The van der Waals surface area contributed by atoms with Crippen LogP contribution in [-0.4, -0.2) is 59.7 Å². The number of nitrogens with zero attached hydrogens (tertiary/aromatic N) is 3. The number of aromatic nitrogens is 2. The Morgan fingerprint density at radius 2 is 1.89 bits per heavy atom. The summed E-state index contributed by atoms with van der Waals surface area (Å²) in [5.74, 6) is -0.0264. The molecule has 0 fully saturated rings. The second-order valence-electron chi connectivity index (χ2n) is 11.1. The van der Waals surface area contributed by atoms with Gasteiger partial charge in [0.25, 0.3) is 16.0 Å². The van der Waals surface area contributed by atoms with Gasteiger partial charge in [-0.05, 0) is 68.1 Å². The van der Waals surface area contributed by atoms with E-state index in [2.05, 4.69) is 10.4 Å². The Bertz CT molecular complexity index is 1820. The third-order valence-corrected chi connectivity index (χ3v) is 8.09. The molecule has 12 heteroatoms. The summed E-state index contributed by atoms with van der Waals surface area (Å²) < 4.78 is 44.8. The number of carbonyl (C=O) groups excluding carboxylic acids is 2. The maximum Gasteiger partial charge on any atom is 0.283 e. The number of rotatable bonds is 11. The van der Waals surface area contributed by atoms with Crippen molar-refractivity contribution in [3.05, 3.63) is 95.3 Å². The van der Waals surface area contributed by atoms with Gasteiger partial charge in [-0.1, -0.05) is 36.4 Å². The number of hydrogen-bond donors (Lipinski definition) is 2. The molecule has 1 aliphatic heterocycles. The average Bonchev–Trinajstić information content (AvgIpc) is 3.47. The van der Waals surface area contributed by atoms with Crippen molar-refractivity contribution in [2.75, 3.05) is 23.9 Å². The number of carbonyl (C=O) groups is 2. The van der Waals surface area contributed by atoms with Gasteiger partial charge in [-0.2, -0.15) is 13.5 Å². The number of aryl methyl sites for hydroxylation is 1. The minimum absolute atomic E-state index is 0.00400. The quantitative estimate of drug-likeness (QED) is 0.178. The molecule has 0 bridgehead atoms. The maximum atomic E-state index is 13.4. The smallest absolute Gasteiger partial charge is 0.283 e. The van der Waals surface area contributed by atoms with E-state index in [1.54, 1.807) is 34.0 Å². The second kappa shape index (κ2) is 13.5. The van der Waals surface area contributed by atoms with Crippen LogP contribution in [0.1, 0.15) is 46.8 Å². The molecule has 5 rings (SSSR count). The number of ether oxygens (including phenoxy) is 2. The molecule has 2 N–H and O–H groups in total. The summed E-state index contributed by atoms with van der Waals surface area (Å²) in [6.07, 6.45) is 4.30. The Morgan fingerprint density at radius 1 is 1.11 bits per heavy atom. The number of nitrogens with one attached hydrogen (secondary N) is 1. The first-order valence-corrected chi connectivity index (χ1v) is 16.2. The highest BCUT2D eigenvalue weighted by atomic mass is 32.2. The third kappa shape index (κ3) is 7.89. The molecule has 1 unspecified atom stereocenters. The van der Waals surface area contributed by atoms with E-state index in [1.807, 2.05) is 69.4 Å². The van der Waals surface area contributed by atoms with Crippen LogP contribution >= 0.6 is 0 Å². The standard InChI is InChI=1S/C33H36N4O7S/c1-22-8-4-13-30(24(22)3)43-15-7-14-31(38)37-18-23(2)44-32-28(11-6-12-29(32)37)27-17-35-36(20-27)19-25-9-5-10-26(16-25)33(39)34-21-45(40,41)42/h4-6,8-13,16-17,20,23H,7,14-15,18-19,21H2,1-3H3,(H,34,39)(H,40,41,42). The van der Waals surface area contributed by atoms with Gasteiger partial charge in [0, 0.05) is 29.3 Å². The second-order valence-corrected chi connectivity index (χ2v) is 12.5. The van der Waals surface area contributed by atoms with E-state index in [9.17, 15) is 18.0 Å². The Kier molecular flexibility index (Phi) is 9.54. The van der Waals surface area contributed by atoms with Crippen molar-refractivity contribution in [1.29, 1.82) is 0 Å². The molecule has 236 valence electrons. The summed E-state index contributed by atoms with van der Waals surface area (Å²) in [5.41, 5.74) is 5.61. The lowest BCUT2D eigenvalue weighted by Gasteiger charge is -2.34. The van der Waals surface area contributed by atoms with Gasteiger partial charge in [-0.3, -0.25) is 18.8 Å². The van der Waals surface area contributed by atoms with Gasteiger partial charge in [-0.25, -0.2) is 0 Å². The number of para-hydroxylation sites is 1. The third-order valence-electron chi connectivity index (χ3n) is 7.59. The van der Waals surface area contributed by atoms with Crippen molar-refractivity contribution in [2.45, 2.75) is 46.3 Å². The highest BCUT2D eigenvalue weighted by Gasteiger charge is 2.29. The summed E-state index contributed by atoms with van der Waals surface area (Å²) in [6.45, 7) is 7.25. The lowest BCUT2D eigenvalue weighted by molar-refractivity contribution is -0.119. The fourth-order valence-electron chi connectivity index (χ4n) is 5.19. The van der Waals surface area contributed by atoms with Crippen molar-refractivity contribution in [1.82, 2.24) is 15.1 Å². The summed E-state index contributed by atoms with van der Waals surface area (Å²) in [4.78, 5) is 27.5. The van der Waals surface area contributed by atoms with Crippen molar-refractivity contribution < 1.29 is 32.0 Å². The molecule has 0 radical (unpaired) electrons. The summed E-state index contributed by atoms with van der Waals surface area (Å²) in [5, 5.41) is 6.67. The van der Waals surface area contributed by atoms with Crippen LogP contribution in [0.25, 0.3) is 11.1 Å². The van der Waals surface area contributed by atoms with E-state index in [1.165, 1.54) is 5.56 Å². The lowest BCUT2D eigenvalue weighted by Crippen LogP contribution is -2.42. The van der Waals surface area contributed by atoms with Crippen molar-refractivity contribution >= 4 is 27.6 Å². The van der Waals surface area contributed by atoms with Crippen molar-refractivity contribution in [3.8, 4) is 22.6 Å². The van der Waals surface area contributed by atoms with Gasteiger partial charge < -0.3 is 19.7 Å². The molecule has 0 spiro atoms. The fourth-order valence-corrected chi connectivity index (χ4v) is 5.50. The number of fused-ring (bicyclic) bond motifs is 1. The molecule has 0 aliphatic carbocycles. The molecule has 11 nitrogen and oxygen atoms in total. The van der Waals surface area contributed by atoms with Gasteiger partial charge in [0.2, 0.25) is 5.91 Å². The Morgan fingerprint density at radius 3 is 2.69 bits per heavy atom. The van der Waals surface area contributed by atoms with Crippen molar-refractivity contribution in [3.63, 3.8) is 0 Å². The molecule has 1 atom stereocenters. The van der Waals surface area contributed by atoms with Crippen LogP contribution in [0, 0.1) is 13.8 Å². The minimum Gasteiger partial charge on any atom is -0.493 e. The zero-order chi connectivity index (χ0) is 32.1. The van der Waals surface area contributed by atoms with E-state index in [4.69, 9.17) is 14.0 Å². The Hall–Kier alpha value is -4.68. The van der Waals surface area contributed by atoms with Crippen LogP contribution in [-0.2, 0) is 21.5 Å². The average molecular weight is 633 g/mol. The SMILES string of the molecule is Cc1cccc(OCCCC(=O)N2CC(C)Oc3c(-c4cnn(Cc5cccc(C(=O)NCS(=O)(=O)O)c5)c4)cccc32)c1C. The zero-order valence-electron chi connectivity index (χ0n) is 25.4. The molecule has 45 heavy (non-hydrogen) atoms. The molecule has 1 aliphatic rings. The van der Waals surface area contributed by atoms with Gasteiger partial charge in [0.1, 0.15) is 17.7 Å². The predicted octanol–water partition coefficient (Wildman–Crippen LogP) is 4.76. The Labute approximate surface area is 262 Å². The van der Waals surface area contributed by atoms with Gasteiger partial charge >= 0.3 is 0 Å². The van der Waals surface area contributed by atoms with Crippen molar-refractivity contribution in [2.24, 2.45) is 0 Å². The fraction of sp³-hybridized carbons (Fsp3) is 0.303. The zero-order valence-corrected chi connectivity index (χ0v) is 26.2. The molecular formula is C33H36N4O7S. The van der Waals surface area contributed by atoms with Crippen LogP contribution in [0.3, 0.4) is 0 Å². The summed E-state index contributed by atoms with van der Waals surface area (Å²) in [7, 11) is -4.33. The molecule has 2 heterocycles. The molecular weight excluding hydrogens is 596 g/mol. The lowest BCUT2D eigenvalue weighted by atomic mass is 10.0. The number of anilines is 1. The van der Waals surface area contributed by atoms with Crippen LogP contribution in [0.4, 0.5) is 5.69 Å². The number of benzene rings is 3. The monoisotopic (exact) mass is 632 g/mol. The molecule has 3 aromatic carbocycles. The van der Waals surface area contributed by atoms with Crippen LogP contribution in [0.5, 0.6) is 11.5 Å². The maximum absolute atomic E-state index is 13.4. The molecule has 1 aromatic heterocycles. The van der Waals surface area contributed by atoms with E-state index >= 15 is 0 Å². The topological polar surface area (TPSA) is 140 Å². The molecule has 0 saturated heterocycles. The predicted molar refractivity (Wildman–Crippen MR) is 170 cm³/mol. The first-order valence-electron chi connectivity index (χ1n) is 14.6. The highest BCUT2D eigenvalue weighted by Crippen LogP contribution is 2.42. The molecule has 2 amide bonds. The first kappa shape index (κ1) is 31.7. The van der Waals surface area contributed by atoms with Gasteiger partial charge in [0.05, 0.1) is 31.6 Å².